The van der Waals surface area contributed by atoms with Crippen molar-refractivity contribution in [1.29, 1.82) is 0 Å². The zero-order valence-corrected chi connectivity index (χ0v) is 10.2. The molecule has 0 aromatic heterocycles. The number of urea groups is 1. The summed E-state index contributed by atoms with van der Waals surface area (Å²) in [6, 6.07) is -1.68. The number of nitrogens with one attached hydrogen (secondary N) is 2. The van der Waals surface area contributed by atoms with Crippen molar-refractivity contribution in [2.45, 2.75) is 18.9 Å². The number of aliphatic hydroxyl groups excluding tert-OH is 1. The standard InChI is InChI=1S/C11H20N2O5/c1-2-3-7-18-8-5-12-11(17)13-9(4-6-14)10(15)16/h2,9,14H,1,3-8H2,(H,15,16)(H2,12,13,17). The molecule has 104 valence electrons. The van der Waals surface area contributed by atoms with Gasteiger partial charge < -0.3 is 25.6 Å². The van der Waals surface area contributed by atoms with Gasteiger partial charge in [0.1, 0.15) is 6.04 Å². The molecule has 2 amide bonds. The summed E-state index contributed by atoms with van der Waals surface area (Å²) >= 11 is 0. The number of ether oxygens (including phenoxy) is 1. The molecule has 4 N–H and O–H groups in total. The second-order valence-electron chi connectivity index (χ2n) is 3.49. The molecule has 1 unspecified atom stereocenters. The maximum Gasteiger partial charge on any atom is 0.326 e. The highest BCUT2D eigenvalue weighted by Crippen LogP contribution is 1.91. The Morgan fingerprint density at radius 3 is 2.67 bits per heavy atom. The summed E-state index contributed by atoms with van der Waals surface area (Å²) in [4.78, 5) is 22.0. The van der Waals surface area contributed by atoms with Crippen LogP contribution in [-0.4, -0.2) is 54.6 Å². The molecular formula is C11H20N2O5. The molecule has 0 radical (unpaired) electrons. The van der Waals surface area contributed by atoms with E-state index in [0.29, 0.717) is 13.2 Å². The van der Waals surface area contributed by atoms with Gasteiger partial charge in [-0.05, 0) is 6.42 Å². The fourth-order valence-electron chi connectivity index (χ4n) is 1.10. The van der Waals surface area contributed by atoms with Crippen LogP contribution in [0.3, 0.4) is 0 Å². The molecule has 0 aromatic carbocycles. The number of hydrogen-bond acceptors (Lipinski definition) is 4. The minimum atomic E-state index is -1.18. The molecule has 7 nitrogen and oxygen atoms in total. The van der Waals surface area contributed by atoms with Crippen LogP contribution in [0.4, 0.5) is 4.79 Å². The van der Waals surface area contributed by atoms with E-state index in [9.17, 15) is 9.59 Å². The molecule has 0 bridgehead atoms. The van der Waals surface area contributed by atoms with Gasteiger partial charge in [-0.25, -0.2) is 9.59 Å². The van der Waals surface area contributed by atoms with Crippen LogP contribution >= 0.6 is 0 Å². The summed E-state index contributed by atoms with van der Waals surface area (Å²) in [5.41, 5.74) is 0. The molecule has 0 aliphatic heterocycles. The Morgan fingerprint density at radius 1 is 1.39 bits per heavy atom. The molecule has 7 heteroatoms. The van der Waals surface area contributed by atoms with E-state index in [0.717, 1.165) is 6.42 Å². The first-order chi connectivity index (χ1) is 8.61. The molecule has 0 rings (SSSR count). The van der Waals surface area contributed by atoms with Gasteiger partial charge in [-0.2, -0.15) is 0 Å². The van der Waals surface area contributed by atoms with Gasteiger partial charge in [-0.3, -0.25) is 0 Å². The first-order valence-electron chi connectivity index (χ1n) is 5.68. The number of carbonyl (C=O) groups excluding carboxylic acids is 1. The fraction of sp³-hybridized carbons (Fsp3) is 0.636. The van der Waals surface area contributed by atoms with Gasteiger partial charge in [0.15, 0.2) is 0 Å². The number of carboxylic acid groups (broad SMARTS) is 1. The highest BCUT2D eigenvalue weighted by molar-refractivity contribution is 5.82. The Kier molecular flexibility index (Phi) is 9.61. The number of hydrogen-bond donors (Lipinski definition) is 4. The molecule has 0 saturated heterocycles. The highest BCUT2D eigenvalue weighted by atomic mass is 16.5. The Hall–Kier alpha value is -1.60. The fourth-order valence-corrected chi connectivity index (χ4v) is 1.10. The Labute approximate surface area is 106 Å². The van der Waals surface area contributed by atoms with E-state index in [1.807, 2.05) is 0 Å². The van der Waals surface area contributed by atoms with Gasteiger partial charge >= 0.3 is 12.0 Å². The molecule has 0 fully saturated rings. The van der Waals surface area contributed by atoms with Crippen LogP contribution in [0.15, 0.2) is 12.7 Å². The lowest BCUT2D eigenvalue weighted by atomic mass is 10.2. The lowest BCUT2D eigenvalue weighted by Crippen LogP contribution is -2.47. The van der Waals surface area contributed by atoms with E-state index in [1.165, 1.54) is 0 Å². The molecule has 0 aromatic rings. The lowest BCUT2D eigenvalue weighted by molar-refractivity contribution is -0.139. The molecule has 18 heavy (non-hydrogen) atoms. The lowest BCUT2D eigenvalue weighted by Gasteiger charge is -2.13. The normalized spacial score (nSPS) is 11.6. The van der Waals surface area contributed by atoms with Crippen LogP contribution in [0.25, 0.3) is 0 Å². The van der Waals surface area contributed by atoms with Gasteiger partial charge in [-0.1, -0.05) is 6.08 Å². The average Bonchev–Trinajstić information content (AvgIpc) is 2.33. The Bertz CT molecular complexity index is 270. The van der Waals surface area contributed by atoms with Crippen molar-refractivity contribution in [3.05, 3.63) is 12.7 Å². The minimum absolute atomic E-state index is 0.0292. The van der Waals surface area contributed by atoms with E-state index in [1.54, 1.807) is 6.08 Å². The number of amides is 2. The topological polar surface area (TPSA) is 108 Å². The number of aliphatic carboxylic acids is 1. The first-order valence-corrected chi connectivity index (χ1v) is 5.68. The van der Waals surface area contributed by atoms with Crippen LogP contribution in [0.1, 0.15) is 12.8 Å². The quantitative estimate of drug-likeness (QED) is 0.319. The monoisotopic (exact) mass is 260 g/mol. The zero-order valence-electron chi connectivity index (χ0n) is 10.2. The number of carbonyl (C=O) groups is 2. The predicted octanol–water partition coefficient (Wildman–Crippen LogP) is -0.286. The third-order valence-corrected chi connectivity index (χ3v) is 2.02. The van der Waals surface area contributed by atoms with Crippen LogP contribution < -0.4 is 10.6 Å². The smallest absolute Gasteiger partial charge is 0.326 e. The van der Waals surface area contributed by atoms with Gasteiger partial charge in [0, 0.05) is 19.6 Å². The maximum atomic E-state index is 11.3. The summed E-state index contributed by atoms with van der Waals surface area (Å²) in [5.74, 6) is -1.18. The van der Waals surface area contributed by atoms with Gasteiger partial charge in [0.25, 0.3) is 0 Å². The summed E-state index contributed by atoms with van der Waals surface area (Å²) in [5, 5.41) is 22.1. The maximum absolute atomic E-state index is 11.3. The van der Waals surface area contributed by atoms with E-state index in [2.05, 4.69) is 17.2 Å². The Balaban J connectivity index is 3.68. The van der Waals surface area contributed by atoms with Gasteiger partial charge in [-0.15, -0.1) is 6.58 Å². The number of carboxylic acids is 1. The van der Waals surface area contributed by atoms with Crippen molar-refractivity contribution < 1.29 is 24.5 Å². The Morgan fingerprint density at radius 2 is 2.11 bits per heavy atom. The predicted molar refractivity (Wildman–Crippen MR) is 65.3 cm³/mol. The summed E-state index contributed by atoms with van der Waals surface area (Å²) in [7, 11) is 0. The molecule has 0 heterocycles. The van der Waals surface area contributed by atoms with E-state index < -0.39 is 18.0 Å². The molecule has 1 atom stereocenters. The van der Waals surface area contributed by atoms with Crippen molar-refractivity contribution in [2.75, 3.05) is 26.4 Å². The van der Waals surface area contributed by atoms with Crippen molar-refractivity contribution >= 4 is 12.0 Å². The largest absolute Gasteiger partial charge is 0.480 e. The zero-order chi connectivity index (χ0) is 13.8. The van der Waals surface area contributed by atoms with Crippen molar-refractivity contribution in [3.8, 4) is 0 Å². The molecular weight excluding hydrogens is 240 g/mol. The minimum Gasteiger partial charge on any atom is -0.480 e. The number of aliphatic hydroxyl groups is 1. The third kappa shape index (κ3) is 8.54. The van der Waals surface area contributed by atoms with Gasteiger partial charge in [0.2, 0.25) is 0 Å². The van der Waals surface area contributed by atoms with Crippen LogP contribution in [0.5, 0.6) is 0 Å². The van der Waals surface area contributed by atoms with Crippen molar-refractivity contribution in [2.24, 2.45) is 0 Å². The van der Waals surface area contributed by atoms with Crippen molar-refractivity contribution in [1.82, 2.24) is 10.6 Å². The van der Waals surface area contributed by atoms with Crippen LogP contribution in [0, 0.1) is 0 Å². The van der Waals surface area contributed by atoms with E-state index in [-0.39, 0.29) is 19.6 Å². The molecule has 0 saturated carbocycles. The second-order valence-corrected chi connectivity index (χ2v) is 3.49. The first kappa shape index (κ1) is 16.4. The van der Waals surface area contributed by atoms with E-state index >= 15 is 0 Å². The highest BCUT2D eigenvalue weighted by Gasteiger charge is 2.18. The van der Waals surface area contributed by atoms with Crippen molar-refractivity contribution in [3.63, 3.8) is 0 Å². The van der Waals surface area contributed by atoms with Crippen LogP contribution in [0.2, 0.25) is 0 Å². The average molecular weight is 260 g/mol. The number of rotatable bonds is 10. The van der Waals surface area contributed by atoms with E-state index in [4.69, 9.17) is 14.9 Å². The molecule has 0 aliphatic rings. The summed E-state index contributed by atoms with van der Waals surface area (Å²) < 4.78 is 5.15. The molecule has 0 aliphatic carbocycles. The van der Waals surface area contributed by atoms with Gasteiger partial charge in [0.05, 0.1) is 13.2 Å². The summed E-state index contributed by atoms with van der Waals surface area (Å²) in [6.45, 7) is 4.40. The third-order valence-electron chi connectivity index (χ3n) is 2.02. The SMILES string of the molecule is C=CCCOCCNC(=O)NC(CCO)C(=O)O. The van der Waals surface area contributed by atoms with Crippen LogP contribution in [-0.2, 0) is 9.53 Å². The second kappa shape index (κ2) is 10.5. The molecule has 0 spiro atoms. The summed E-state index contributed by atoms with van der Waals surface area (Å²) in [6.07, 6.45) is 2.44.